The van der Waals surface area contributed by atoms with Gasteiger partial charge in [0.1, 0.15) is 5.69 Å². The van der Waals surface area contributed by atoms with Crippen LogP contribution in [0.3, 0.4) is 0 Å². The summed E-state index contributed by atoms with van der Waals surface area (Å²) < 4.78 is 2.38. The van der Waals surface area contributed by atoms with E-state index in [0.717, 1.165) is 13.0 Å². The molecule has 2 nitrogen and oxygen atoms in total. The maximum atomic E-state index is 2.47. The van der Waals surface area contributed by atoms with E-state index in [9.17, 15) is 0 Å². The molecule has 0 spiro atoms. The van der Waals surface area contributed by atoms with Crippen LogP contribution in [0.15, 0.2) is 90.7 Å². The Hall–Kier alpha value is -2.81. The van der Waals surface area contributed by atoms with Crippen LogP contribution in [0.2, 0.25) is 0 Å². The molecule has 0 radical (unpaired) electrons. The topological polar surface area (TPSA) is 7.12 Å². The Kier molecular flexibility index (Phi) is 3.44. The molecule has 2 aliphatic rings. The van der Waals surface area contributed by atoms with Crippen LogP contribution in [-0.4, -0.2) is 6.71 Å². The van der Waals surface area contributed by atoms with E-state index in [0.29, 0.717) is 6.71 Å². The maximum Gasteiger partial charge on any atom is 0.286 e. The lowest BCUT2D eigenvalue weighted by Crippen LogP contribution is -2.48. The highest BCUT2D eigenvalue weighted by atomic mass is 15.3. The molecule has 0 atom stereocenters. The number of para-hydroxylation sites is 1. The second-order valence-electron chi connectivity index (χ2n) is 6.80. The summed E-state index contributed by atoms with van der Waals surface area (Å²) in [4.78, 5) is 2.46. The van der Waals surface area contributed by atoms with Gasteiger partial charge in [-0.25, -0.2) is 4.57 Å². The van der Waals surface area contributed by atoms with Crippen LogP contribution in [0, 0.1) is 0 Å². The SMILES string of the molecule is C1=C2CCC[n+]3ccccc3N2c2ccccc2B1c1ccccc1. The van der Waals surface area contributed by atoms with Crippen LogP contribution >= 0.6 is 0 Å². The van der Waals surface area contributed by atoms with E-state index in [1.165, 1.54) is 34.5 Å². The molecular weight excluding hydrogens is 303 g/mol. The number of aromatic nitrogens is 1. The van der Waals surface area contributed by atoms with Gasteiger partial charge in [-0.15, -0.1) is 0 Å². The second-order valence-corrected chi connectivity index (χ2v) is 6.80. The van der Waals surface area contributed by atoms with Gasteiger partial charge in [-0.1, -0.05) is 66.0 Å². The molecule has 120 valence electrons. The Labute approximate surface area is 149 Å². The molecule has 2 aliphatic heterocycles. The zero-order chi connectivity index (χ0) is 16.6. The highest BCUT2D eigenvalue weighted by molar-refractivity contribution is 6.90. The zero-order valence-electron chi connectivity index (χ0n) is 14.2. The summed E-state index contributed by atoms with van der Waals surface area (Å²) in [5.41, 5.74) is 5.49. The third-order valence-electron chi connectivity index (χ3n) is 5.30. The number of anilines is 2. The molecule has 3 heterocycles. The van der Waals surface area contributed by atoms with Crippen molar-refractivity contribution in [1.29, 1.82) is 0 Å². The van der Waals surface area contributed by atoms with Gasteiger partial charge in [-0.05, 0) is 24.0 Å². The normalized spacial score (nSPS) is 15.6. The van der Waals surface area contributed by atoms with Gasteiger partial charge in [0.05, 0.1) is 18.4 Å². The fraction of sp³-hybridized carbons (Fsp3) is 0.136. The van der Waals surface area contributed by atoms with Crippen molar-refractivity contribution >= 4 is 29.1 Å². The number of allylic oxidation sites excluding steroid dienone is 1. The molecule has 5 rings (SSSR count). The number of nitrogens with zero attached hydrogens (tertiary/aromatic N) is 2. The third-order valence-corrected chi connectivity index (χ3v) is 5.30. The fourth-order valence-corrected chi connectivity index (χ4v) is 4.16. The van der Waals surface area contributed by atoms with Crippen molar-refractivity contribution in [3.63, 3.8) is 0 Å². The summed E-state index contributed by atoms with van der Waals surface area (Å²) in [7, 11) is 0. The minimum absolute atomic E-state index is 0.332. The summed E-state index contributed by atoms with van der Waals surface area (Å²) in [6.45, 7) is 1.40. The molecule has 0 bridgehead atoms. The number of pyridine rings is 1. The molecule has 2 aromatic carbocycles. The molecule has 0 N–H and O–H groups in total. The van der Waals surface area contributed by atoms with Crippen LogP contribution in [-0.2, 0) is 6.54 Å². The molecule has 0 saturated carbocycles. The monoisotopic (exact) mass is 323 g/mol. The van der Waals surface area contributed by atoms with Crippen molar-refractivity contribution in [1.82, 2.24) is 0 Å². The second kappa shape index (κ2) is 5.93. The molecule has 0 saturated heterocycles. The average Bonchev–Trinajstić information content (AvgIpc) is 2.87. The highest BCUT2D eigenvalue weighted by Crippen LogP contribution is 2.33. The van der Waals surface area contributed by atoms with E-state index in [2.05, 4.69) is 94.4 Å². The van der Waals surface area contributed by atoms with Crippen LogP contribution in [0.25, 0.3) is 0 Å². The molecule has 0 amide bonds. The Balaban J connectivity index is 1.74. The van der Waals surface area contributed by atoms with Gasteiger partial charge in [-0.2, -0.15) is 4.90 Å². The summed E-state index contributed by atoms with van der Waals surface area (Å²) in [5, 5.41) is 0. The van der Waals surface area contributed by atoms with Crippen molar-refractivity contribution < 1.29 is 4.57 Å². The summed E-state index contributed by atoms with van der Waals surface area (Å²) in [6.07, 6.45) is 4.48. The third kappa shape index (κ3) is 2.39. The lowest BCUT2D eigenvalue weighted by atomic mass is 9.39. The first-order valence-corrected chi connectivity index (χ1v) is 9.05. The molecule has 0 unspecified atom stereocenters. The predicted octanol–water partition coefficient (Wildman–Crippen LogP) is 2.95. The smallest absolute Gasteiger partial charge is 0.234 e. The Morgan fingerprint density at radius 3 is 2.56 bits per heavy atom. The molecule has 25 heavy (non-hydrogen) atoms. The van der Waals surface area contributed by atoms with Crippen LogP contribution in [0.1, 0.15) is 12.8 Å². The lowest BCUT2D eigenvalue weighted by Gasteiger charge is -2.28. The Morgan fingerprint density at radius 1 is 0.840 bits per heavy atom. The van der Waals surface area contributed by atoms with Gasteiger partial charge in [0.15, 0.2) is 0 Å². The maximum absolute atomic E-state index is 2.47. The summed E-state index contributed by atoms with van der Waals surface area (Å²) in [5.74, 6) is 3.74. The number of hydrogen-bond acceptors (Lipinski definition) is 1. The van der Waals surface area contributed by atoms with Gasteiger partial charge < -0.3 is 0 Å². The minimum Gasteiger partial charge on any atom is -0.234 e. The van der Waals surface area contributed by atoms with Gasteiger partial charge in [-0.3, -0.25) is 0 Å². The van der Waals surface area contributed by atoms with E-state index in [-0.39, 0.29) is 0 Å². The van der Waals surface area contributed by atoms with Crippen molar-refractivity contribution in [2.24, 2.45) is 0 Å². The van der Waals surface area contributed by atoms with Crippen LogP contribution in [0.4, 0.5) is 11.5 Å². The van der Waals surface area contributed by atoms with Crippen LogP contribution < -0.4 is 20.4 Å². The van der Waals surface area contributed by atoms with E-state index in [4.69, 9.17) is 0 Å². The molecule has 3 aromatic rings. The first-order valence-electron chi connectivity index (χ1n) is 9.05. The molecule has 1 aromatic heterocycles. The first kappa shape index (κ1) is 14.5. The summed E-state index contributed by atoms with van der Waals surface area (Å²) in [6, 6.07) is 26.2. The summed E-state index contributed by atoms with van der Waals surface area (Å²) >= 11 is 0. The quantitative estimate of drug-likeness (QED) is 0.493. The predicted molar refractivity (Wildman–Crippen MR) is 104 cm³/mol. The van der Waals surface area contributed by atoms with Crippen LogP contribution in [0.5, 0.6) is 0 Å². The average molecular weight is 323 g/mol. The van der Waals surface area contributed by atoms with E-state index in [1.807, 2.05) is 0 Å². The Bertz CT molecular complexity index is 949. The van der Waals surface area contributed by atoms with Gasteiger partial charge >= 0.3 is 0 Å². The van der Waals surface area contributed by atoms with Crippen molar-refractivity contribution in [2.75, 3.05) is 4.90 Å². The highest BCUT2D eigenvalue weighted by Gasteiger charge is 2.37. The van der Waals surface area contributed by atoms with E-state index < -0.39 is 0 Å². The molecule has 0 aliphatic carbocycles. The largest absolute Gasteiger partial charge is 0.286 e. The van der Waals surface area contributed by atoms with E-state index in [1.54, 1.807) is 0 Å². The first-order chi connectivity index (χ1) is 12.4. The van der Waals surface area contributed by atoms with Crippen molar-refractivity contribution in [3.8, 4) is 0 Å². The molecule has 0 fully saturated rings. The number of aryl methyl sites for hydroxylation is 1. The van der Waals surface area contributed by atoms with Gasteiger partial charge in [0.2, 0.25) is 6.71 Å². The number of benzene rings is 2. The Morgan fingerprint density at radius 2 is 1.64 bits per heavy atom. The minimum atomic E-state index is 0.332. The standard InChI is InChI=1S/C22H20BN2/c1-2-9-18(10-3-1)23-17-19-11-8-16-24-15-7-6-14-22(24)25(19)21-13-5-4-12-20(21)23/h1-7,9-10,12-15,17H,8,11,16H2/q+1. The number of rotatable bonds is 1. The van der Waals surface area contributed by atoms with Gasteiger partial charge in [0, 0.05) is 12.5 Å². The van der Waals surface area contributed by atoms with E-state index >= 15 is 0 Å². The van der Waals surface area contributed by atoms with Crippen molar-refractivity contribution in [2.45, 2.75) is 19.4 Å². The van der Waals surface area contributed by atoms with Gasteiger partial charge in [0.25, 0.3) is 5.82 Å². The molecule has 3 heteroatoms. The van der Waals surface area contributed by atoms with Crippen molar-refractivity contribution in [3.05, 3.63) is 90.7 Å². The molecular formula is C22H20BN2+. The fourth-order valence-electron chi connectivity index (χ4n) is 4.16. The number of fused-ring (bicyclic) bond motifs is 5. The number of hydrogen-bond donors (Lipinski definition) is 0. The lowest BCUT2D eigenvalue weighted by molar-refractivity contribution is -0.683. The zero-order valence-corrected chi connectivity index (χ0v) is 14.2.